The van der Waals surface area contributed by atoms with Crippen molar-refractivity contribution in [3.8, 4) is 0 Å². The van der Waals surface area contributed by atoms with E-state index < -0.39 is 17.5 Å². The summed E-state index contributed by atoms with van der Waals surface area (Å²) in [5.74, 6) is -0.396. The second-order valence-electron chi connectivity index (χ2n) is 2.47. The zero-order valence-corrected chi connectivity index (χ0v) is 8.26. The molecule has 0 atom stereocenters. The Bertz CT molecular complexity index is 188. The second kappa shape index (κ2) is 2.90. The van der Waals surface area contributed by atoms with E-state index in [1.807, 2.05) is 0 Å². The van der Waals surface area contributed by atoms with E-state index in [4.69, 9.17) is 0 Å². The Morgan fingerprint density at radius 1 is 1.60 bits per heavy atom. The molecule has 50 valence electrons. The molecule has 0 aromatic carbocycles. The third kappa shape index (κ3) is 1.71. The van der Waals surface area contributed by atoms with Crippen molar-refractivity contribution in [1.82, 2.24) is 5.32 Å². The number of amides is 2. The van der Waals surface area contributed by atoms with Gasteiger partial charge in [-0.1, -0.05) is 0 Å². The van der Waals surface area contributed by atoms with Crippen molar-refractivity contribution in [3.05, 3.63) is 0 Å². The molecule has 0 aromatic heterocycles. The number of rotatable bonds is 0. The molecular weight excluding hydrogens is 143 g/mol. The van der Waals surface area contributed by atoms with Gasteiger partial charge in [-0.25, -0.2) is 9.79 Å². The standard InChI is InChI=1S/C5H8N2O2.Na/c1-5(2)3(8)6-4(9)7-5;/h1-2H3,(H2,6,7,8,9);/q;+1/p-1. The van der Waals surface area contributed by atoms with Crippen LogP contribution in [-0.2, 0) is 0 Å². The normalized spacial score (nSPS) is 21.0. The van der Waals surface area contributed by atoms with Gasteiger partial charge in [-0.15, -0.1) is 0 Å². The molecule has 0 saturated heterocycles. The SMILES string of the molecule is CC1(C)NC(=O)N=C1[O-].[Na+]. The third-order valence-electron chi connectivity index (χ3n) is 1.16. The second-order valence-corrected chi connectivity index (χ2v) is 2.47. The zero-order valence-electron chi connectivity index (χ0n) is 6.26. The molecule has 0 spiro atoms. The Morgan fingerprint density at radius 3 is 2.20 bits per heavy atom. The maximum atomic E-state index is 10.7. The fraction of sp³-hybridized carbons (Fsp3) is 0.600. The van der Waals surface area contributed by atoms with Crippen LogP contribution in [0.15, 0.2) is 4.99 Å². The third-order valence-corrected chi connectivity index (χ3v) is 1.16. The number of nitrogens with zero attached hydrogens (tertiary/aromatic N) is 1. The smallest absolute Gasteiger partial charge is 0.860 e. The fourth-order valence-corrected chi connectivity index (χ4v) is 0.581. The maximum Gasteiger partial charge on any atom is 1.00 e. The van der Waals surface area contributed by atoms with E-state index in [0.717, 1.165) is 0 Å². The Kier molecular flexibility index (Phi) is 2.88. The summed E-state index contributed by atoms with van der Waals surface area (Å²) in [4.78, 5) is 13.5. The van der Waals surface area contributed by atoms with Crippen LogP contribution in [-0.4, -0.2) is 17.5 Å². The molecule has 1 heterocycles. The monoisotopic (exact) mass is 150 g/mol. The molecular formula is C5H7N2NaO2. The van der Waals surface area contributed by atoms with E-state index in [1.54, 1.807) is 13.8 Å². The molecule has 4 nitrogen and oxygen atoms in total. The summed E-state index contributed by atoms with van der Waals surface area (Å²) in [5.41, 5.74) is -0.781. The maximum absolute atomic E-state index is 10.7. The summed E-state index contributed by atoms with van der Waals surface area (Å²) in [6.45, 7) is 3.23. The van der Waals surface area contributed by atoms with E-state index in [0.29, 0.717) is 0 Å². The predicted octanol–water partition coefficient (Wildman–Crippen LogP) is -3.75. The molecule has 0 saturated carbocycles. The van der Waals surface area contributed by atoms with Crippen molar-refractivity contribution in [2.45, 2.75) is 19.4 Å². The van der Waals surface area contributed by atoms with Gasteiger partial charge in [-0.05, 0) is 19.7 Å². The first-order valence-corrected chi connectivity index (χ1v) is 2.61. The van der Waals surface area contributed by atoms with Gasteiger partial charge in [0.25, 0.3) is 0 Å². The molecule has 0 bridgehead atoms. The molecule has 10 heavy (non-hydrogen) atoms. The van der Waals surface area contributed by atoms with Gasteiger partial charge >= 0.3 is 35.6 Å². The van der Waals surface area contributed by atoms with Crippen LogP contribution in [0.1, 0.15) is 13.8 Å². The van der Waals surface area contributed by atoms with Gasteiger partial charge in [0.2, 0.25) is 0 Å². The van der Waals surface area contributed by atoms with Gasteiger partial charge in [0.05, 0.1) is 5.54 Å². The van der Waals surface area contributed by atoms with Gasteiger partial charge < -0.3 is 10.4 Å². The van der Waals surface area contributed by atoms with Crippen molar-refractivity contribution in [1.29, 1.82) is 0 Å². The minimum Gasteiger partial charge on any atom is -0.860 e. The van der Waals surface area contributed by atoms with Crippen LogP contribution in [0.25, 0.3) is 0 Å². The molecule has 1 aliphatic heterocycles. The molecule has 1 N–H and O–H groups in total. The largest absolute Gasteiger partial charge is 1.00 e. The summed E-state index contributed by atoms with van der Waals surface area (Å²) < 4.78 is 0. The first-order valence-electron chi connectivity index (χ1n) is 2.61. The minimum atomic E-state index is -0.781. The minimum absolute atomic E-state index is 0. The Balaban J connectivity index is 0.000000810. The van der Waals surface area contributed by atoms with Gasteiger partial charge in [0.1, 0.15) is 0 Å². The average Bonchev–Trinajstić information content (AvgIpc) is 1.79. The molecule has 0 aliphatic carbocycles. The fourth-order valence-electron chi connectivity index (χ4n) is 0.581. The summed E-state index contributed by atoms with van der Waals surface area (Å²) >= 11 is 0. The summed E-state index contributed by atoms with van der Waals surface area (Å²) in [6.07, 6.45) is 0. The number of hydrogen-bond donors (Lipinski definition) is 1. The summed E-state index contributed by atoms with van der Waals surface area (Å²) in [5, 5.41) is 13.0. The average molecular weight is 150 g/mol. The first kappa shape index (κ1) is 9.94. The van der Waals surface area contributed by atoms with Crippen LogP contribution < -0.4 is 40.0 Å². The summed E-state index contributed by atoms with van der Waals surface area (Å²) in [7, 11) is 0. The molecule has 0 unspecified atom stereocenters. The number of aliphatic imine (C=N–C) groups is 1. The Hall–Kier alpha value is -0.0600. The van der Waals surface area contributed by atoms with E-state index in [9.17, 15) is 9.90 Å². The predicted molar refractivity (Wildman–Crippen MR) is 30.0 cm³/mol. The number of hydrogen-bond acceptors (Lipinski definition) is 2. The van der Waals surface area contributed by atoms with Crippen LogP contribution in [0.4, 0.5) is 4.79 Å². The molecule has 1 rings (SSSR count). The first-order chi connectivity index (χ1) is 4.02. The van der Waals surface area contributed by atoms with Crippen molar-refractivity contribution in [2.75, 3.05) is 0 Å². The van der Waals surface area contributed by atoms with E-state index >= 15 is 0 Å². The van der Waals surface area contributed by atoms with Crippen LogP contribution in [0.3, 0.4) is 0 Å². The van der Waals surface area contributed by atoms with Crippen LogP contribution in [0, 0.1) is 0 Å². The summed E-state index contributed by atoms with van der Waals surface area (Å²) in [6, 6.07) is -0.537. The van der Waals surface area contributed by atoms with E-state index in [1.165, 1.54) is 0 Å². The number of urea groups is 1. The molecule has 2 amide bonds. The quantitative estimate of drug-likeness (QED) is 0.360. The van der Waals surface area contributed by atoms with Crippen molar-refractivity contribution in [2.24, 2.45) is 4.99 Å². The number of carbonyl (C=O) groups is 1. The molecule has 0 radical (unpaired) electrons. The van der Waals surface area contributed by atoms with Crippen molar-refractivity contribution < 1.29 is 39.5 Å². The Morgan fingerprint density at radius 2 is 2.10 bits per heavy atom. The van der Waals surface area contributed by atoms with Gasteiger partial charge in [0.15, 0.2) is 0 Å². The zero-order chi connectivity index (χ0) is 7.07. The van der Waals surface area contributed by atoms with Crippen LogP contribution >= 0.6 is 0 Å². The van der Waals surface area contributed by atoms with Crippen molar-refractivity contribution >= 4 is 11.9 Å². The van der Waals surface area contributed by atoms with Gasteiger partial charge in [-0.2, -0.15) is 0 Å². The number of nitrogens with one attached hydrogen (secondary N) is 1. The molecule has 0 fully saturated rings. The molecule has 0 aromatic rings. The molecule has 1 aliphatic rings. The van der Waals surface area contributed by atoms with E-state index in [2.05, 4.69) is 10.3 Å². The van der Waals surface area contributed by atoms with Crippen LogP contribution in [0.5, 0.6) is 0 Å². The Labute approximate surface area is 81.0 Å². The van der Waals surface area contributed by atoms with E-state index in [-0.39, 0.29) is 29.6 Å². The topological polar surface area (TPSA) is 64.5 Å². The van der Waals surface area contributed by atoms with Gasteiger partial charge in [0, 0.05) is 0 Å². The van der Waals surface area contributed by atoms with Crippen LogP contribution in [0.2, 0.25) is 0 Å². The molecule has 5 heteroatoms. The number of carbonyl (C=O) groups excluding carboxylic acids is 1. The van der Waals surface area contributed by atoms with Gasteiger partial charge in [-0.3, -0.25) is 0 Å². The van der Waals surface area contributed by atoms with Crippen molar-refractivity contribution in [3.63, 3.8) is 0 Å².